The Balaban J connectivity index is 2.51. The summed E-state index contributed by atoms with van der Waals surface area (Å²) in [5.74, 6) is -1.22. The van der Waals surface area contributed by atoms with E-state index in [9.17, 15) is 14.7 Å². The zero-order valence-electron chi connectivity index (χ0n) is 10.5. The molecule has 104 valence electrons. The number of hydrogen-bond acceptors (Lipinski definition) is 3. The number of carboxylic acids is 1. The van der Waals surface area contributed by atoms with Crippen LogP contribution < -0.4 is 5.32 Å². The summed E-state index contributed by atoms with van der Waals surface area (Å²) >= 11 is 5.86. The number of aromatic hydroxyl groups is 1. The van der Waals surface area contributed by atoms with Crippen molar-refractivity contribution in [3.8, 4) is 5.75 Å². The predicted molar refractivity (Wildman–Crippen MR) is 71.5 cm³/mol. The van der Waals surface area contributed by atoms with Gasteiger partial charge in [-0.3, -0.25) is 9.59 Å². The highest BCUT2D eigenvalue weighted by atomic mass is 35.5. The van der Waals surface area contributed by atoms with Gasteiger partial charge in [0.2, 0.25) is 0 Å². The van der Waals surface area contributed by atoms with Crippen molar-refractivity contribution in [2.24, 2.45) is 5.92 Å². The molecule has 0 aliphatic heterocycles. The molecule has 0 bridgehead atoms. The summed E-state index contributed by atoms with van der Waals surface area (Å²) in [7, 11) is 0. The minimum absolute atomic E-state index is 0.0338. The van der Waals surface area contributed by atoms with Crippen LogP contribution in [0.15, 0.2) is 18.2 Å². The van der Waals surface area contributed by atoms with E-state index in [2.05, 4.69) is 5.32 Å². The zero-order chi connectivity index (χ0) is 14.4. The molecule has 0 aromatic heterocycles. The number of carbonyl (C=O) groups is 2. The van der Waals surface area contributed by atoms with Gasteiger partial charge in [0.25, 0.3) is 5.91 Å². The van der Waals surface area contributed by atoms with E-state index in [1.165, 1.54) is 18.2 Å². The largest absolute Gasteiger partial charge is 0.508 e. The van der Waals surface area contributed by atoms with E-state index in [0.717, 1.165) is 0 Å². The van der Waals surface area contributed by atoms with Crippen LogP contribution in [0, 0.1) is 5.92 Å². The number of carboxylic acid groups (broad SMARTS) is 1. The van der Waals surface area contributed by atoms with Crippen LogP contribution in [0.25, 0.3) is 0 Å². The summed E-state index contributed by atoms with van der Waals surface area (Å²) in [5.41, 5.74) is 0.201. The number of rotatable bonds is 6. The molecule has 0 saturated carbocycles. The van der Waals surface area contributed by atoms with Gasteiger partial charge in [-0.15, -0.1) is 0 Å². The highest BCUT2D eigenvalue weighted by molar-refractivity contribution is 6.33. The fourth-order valence-electron chi connectivity index (χ4n) is 1.52. The highest BCUT2D eigenvalue weighted by Gasteiger charge is 2.12. The zero-order valence-corrected chi connectivity index (χ0v) is 11.3. The predicted octanol–water partition coefficient (Wildman–Crippen LogP) is 2.28. The van der Waals surface area contributed by atoms with Crippen molar-refractivity contribution in [2.45, 2.75) is 19.8 Å². The van der Waals surface area contributed by atoms with E-state index in [1.54, 1.807) is 0 Å². The number of carbonyl (C=O) groups excluding carboxylic acids is 1. The third-order valence-corrected chi connectivity index (χ3v) is 2.99. The Labute approximate surface area is 116 Å². The summed E-state index contributed by atoms with van der Waals surface area (Å²) in [6.45, 7) is 2.21. The SMILES string of the molecule is CC(CCC(=O)O)CNC(=O)c1cc(O)ccc1Cl. The lowest BCUT2D eigenvalue weighted by molar-refractivity contribution is -0.137. The van der Waals surface area contributed by atoms with Crippen LogP contribution in [-0.2, 0) is 4.79 Å². The molecule has 0 aliphatic rings. The van der Waals surface area contributed by atoms with Gasteiger partial charge in [0.15, 0.2) is 0 Å². The molecule has 6 heteroatoms. The lowest BCUT2D eigenvalue weighted by Crippen LogP contribution is -2.28. The monoisotopic (exact) mass is 285 g/mol. The highest BCUT2D eigenvalue weighted by Crippen LogP contribution is 2.21. The first-order valence-electron chi connectivity index (χ1n) is 5.88. The average molecular weight is 286 g/mol. The standard InChI is InChI=1S/C13H16ClNO4/c1-8(2-5-12(17)18)7-15-13(19)10-6-9(16)3-4-11(10)14/h3-4,6,8,16H,2,5,7H2,1H3,(H,15,19)(H,17,18). The summed E-state index contributed by atoms with van der Waals surface area (Å²) in [6.07, 6.45) is 0.563. The number of phenolic OH excluding ortho intramolecular Hbond substituents is 1. The van der Waals surface area contributed by atoms with Crippen molar-refractivity contribution in [1.29, 1.82) is 0 Å². The van der Waals surface area contributed by atoms with Crippen molar-refractivity contribution >= 4 is 23.5 Å². The molecule has 1 aromatic carbocycles. The van der Waals surface area contributed by atoms with Gasteiger partial charge in [-0.2, -0.15) is 0 Å². The molecule has 1 amide bonds. The second-order valence-corrected chi connectivity index (χ2v) is 4.82. The summed E-state index contributed by atoms with van der Waals surface area (Å²) in [5, 5.41) is 20.8. The summed E-state index contributed by atoms with van der Waals surface area (Å²) in [4.78, 5) is 22.3. The van der Waals surface area contributed by atoms with Gasteiger partial charge in [0.1, 0.15) is 5.75 Å². The molecule has 3 N–H and O–H groups in total. The summed E-state index contributed by atoms with van der Waals surface area (Å²) in [6, 6.07) is 4.13. The molecular formula is C13H16ClNO4. The summed E-state index contributed by atoms with van der Waals surface area (Å²) < 4.78 is 0. The van der Waals surface area contributed by atoms with Crippen molar-refractivity contribution in [1.82, 2.24) is 5.32 Å². The molecule has 0 spiro atoms. The number of aliphatic carboxylic acids is 1. The molecule has 0 aliphatic carbocycles. The number of benzene rings is 1. The average Bonchev–Trinajstić information content (AvgIpc) is 2.36. The van der Waals surface area contributed by atoms with E-state index in [0.29, 0.717) is 13.0 Å². The third-order valence-electron chi connectivity index (χ3n) is 2.66. The molecule has 19 heavy (non-hydrogen) atoms. The Hall–Kier alpha value is -1.75. The Kier molecular flexibility index (Phi) is 5.63. The van der Waals surface area contributed by atoms with E-state index in [1.807, 2.05) is 6.92 Å². The van der Waals surface area contributed by atoms with Crippen molar-refractivity contribution < 1.29 is 19.8 Å². The van der Waals surface area contributed by atoms with Gasteiger partial charge < -0.3 is 15.5 Å². The van der Waals surface area contributed by atoms with E-state index < -0.39 is 5.97 Å². The molecule has 0 saturated heterocycles. The number of amides is 1. The minimum atomic E-state index is -0.853. The number of phenols is 1. The maximum Gasteiger partial charge on any atom is 0.303 e. The lowest BCUT2D eigenvalue weighted by atomic mass is 10.1. The number of nitrogens with one attached hydrogen (secondary N) is 1. The fourth-order valence-corrected chi connectivity index (χ4v) is 1.72. The second-order valence-electron chi connectivity index (χ2n) is 4.41. The van der Waals surface area contributed by atoms with Crippen LogP contribution in [0.5, 0.6) is 5.75 Å². The quantitative estimate of drug-likeness (QED) is 0.748. The Morgan fingerprint density at radius 3 is 2.74 bits per heavy atom. The second kappa shape index (κ2) is 6.99. The van der Waals surface area contributed by atoms with Gasteiger partial charge in [-0.1, -0.05) is 18.5 Å². The van der Waals surface area contributed by atoms with Gasteiger partial charge in [-0.25, -0.2) is 0 Å². The van der Waals surface area contributed by atoms with Crippen LogP contribution in [0.2, 0.25) is 5.02 Å². The van der Waals surface area contributed by atoms with Crippen molar-refractivity contribution in [3.05, 3.63) is 28.8 Å². The normalized spacial score (nSPS) is 11.9. The first kappa shape index (κ1) is 15.3. The number of halogens is 1. The van der Waals surface area contributed by atoms with Crippen LogP contribution >= 0.6 is 11.6 Å². The topological polar surface area (TPSA) is 86.6 Å². The van der Waals surface area contributed by atoms with Crippen molar-refractivity contribution in [3.63, 3.8) is 0 Å². The first-order chi connectivity index (χ1) is 8.90. The number of hydrogen-bond donors (Lipinski definition) is 3. The molecule has 1 atom stereocenters. The molecule has 0 radical (unpaired) electrons. The molecule has 1 aromatic rings. The van der Waals surface area contributed by atoms with Crippen LogP contribution in [0.3, 0.4) is 0 Å². The van der Waals surface area contributed by atoms with E-state index in [4.69, 9.17) is 16.7 Å². The maximum absolute atomic E-state index is 11.8. The minimum Gasteiger partial charge on any atom is -0.508 e. The maximum atomic E-state index is 11.8. The van der Waals surface area contributed by atoms with Gasteiger partial charge in [0, 0.05) is 13.0 Å². The Morgan fingerprint density at radius 1 is 1.42 bits per heavy atom. The van der Waals surface area contributed by atoms with Crippen LogP contribution in [-0.4, -0.2) is 28.6 Å². The fraction of sp³-hybridized carbons (Fsp3) is 0.385. The smallest absolute Gasteiger partial charge is 0.303 e. The van der Waals surface area contributed by atoms with E-state index in [-0.39, 0.29) is 34.6 Å². The van der Waals surface area contributed by atoms with E-state index >= 15 is 0 Å². The molecule has 1 unspecified atom stereocenters. The van der Waals surface area contributed by atoms with Gasteiger partial charge in [0.05, 0.1) is 10.6 Å². The molecule has 0 fully saturated rings. The van der Waals surface area contributed by atoms with Crippen LogP contribution in [0.1, 0.15) is 30.1 Å². The van der Waals surface area contributed by atoms with Gasteiger partial charge >= 0.3 is 5.97 Å². The molecule has 0 heterocycles. The van der Waals surface area contributed by atoms with Gasteiger partial charge in [-0.05, 0) is 30.5 Å². The van der Waals surface area contributed by atoms with Crippen molar-refractivity contribution in [2.75, 3.05) is 6.54 Å². The molecular weight excluding hydrogens is 270 g/mol. The molecule has 5 nitrogen and oxygen atoms in total. The third kappa shape index (κ3) is 5.18. The Bertz CT molecular complexity index is 476. The molecule has 1 rings (SSSR count). The first-order valence-corrected chi connectivity index (χ1v) is 6.26. The van der Waals surface area contributed by atoms with Crippen LogP contribution in [0.4, 0.5) is 0 Å². The lowest BCUT2D eigenvalue weighted by Gasteiger charge is -2.12. The Morgan fingerprint density at radius 2 is 2.11 bits per heavy atom.